The molecule has 0 radical (unpaired) electrons. The van der Waals surface area contributed by atoms with E-state index < -0.39 is 33.4 Å². The Bertz CT molecular complexity index is 1270. The second-order valence-corrected chi connectivity index (χ2v) is 11.0. The summed E-state index contributed by atoms with van der Waals surface area (Å²) in [7, 11) is -2.80. The lowest BCUT2D eigenvalue weighted by atomic mass is 10.1. The molecule has 0 heterocycles. The van der Waals surface area contributed by atoms with Crippen LogP contribution in [0.1, 0.15) is 44.7 Å². The van der Waals surface area contributed by atoms with Crippen LogP contribution in [0, 0.1) is 17.0 Å². The molecule has 208 valence electrons. The zero-order valence-electron chi connectivity index (χ0n) is 22.6. The maximum absolute atomic E-state index is 13.8. The van der Waals surface area contributed by atoms with Gasteiger partial charge in [-0.1, -0.05) is 38.1 Å². The molecular formula is C26H36N4O7S. The van der Waals surface area contributed by atoms with Crippen LogP contribution < -0.4 is 14.4 Å². The zero-order valence-corrected chi connectivity index (χ0v) is 23.4. The van der Waals surface area contributed by atoms with Gasteiger partial charge >= 0.3 is 0 Å². The van der Waals surface area contributed by atoms with Gasteiger partial charge < -0.3 is 15.0 Å². The number of carbonyl (C=O) groups is 2. The standard InChI is InChI=1S/C26H36N4O7S/c1-7-19(4)27-26(32)22(8-2)28(16-20-12-10-9-11-18(20)3)25(31)17-29(38(6,35)36)23-15-21(30(33)34)13-14-24(23)37-5/h9-15,19,22H,7-8,16-17H2,1-6H3,(H,27,32)/t19-,22-/m0/s1. The molecule has 12 heteroatoms. The Morgan fingerprint density at radius 2 is 1.79 bits per heavy atom. The van der Waals surface area contributed by atoms with Crippen LogP contribution in [0.25, 0.3) is 0 Å². The van der Waals surface area contributed by atoms with Crippen LogP contribution in [0.5, 0.6) is 5.75 Å². The predicted octanol–water partition coefficient (Wildman–Crippen LogP) is 3.40. The molecule has 0 spiro atoms. The van der Waals surface area contributed by atoms with Crippen molar-refractivity contribution < 1.29 is 27.7 Å². The number of amides is 2. The van der Waals surface area contributed by atoms with Crippen molar-refractivity contribution in [3.05, 3.63) is 63.7 Å². The van der Waals surface area contributed by atoms with Crippen molar-refractivity contribution in [2.45, 2.75) is 59.2 Å². The molecule has 0 saturated heterocycles. The van der Waals surface area contributed by atoms with Gasteiger partial charge in [-0.2, -0.15) is 0 Å². The number of nitrogens with zero attached hydrogens (tertiary/aromatic N) is 3. The highest BCUT2D eigenvalue weighted by molar-refractivity contribution is 7.92. The minimum atomic E-state index is -4.10. The van der Waals surface area contributed by atoms with E-state index >= 15 is 0 Å². The first-order valence-electron chi connectivity index (χ1n) is 12.3. The Kier molecular flexibility index (Phi) is 10.6. The number of hydrogen-bond donors (Lipinski definition) is 1. The van der Waals surface area contributed by atoms with Crippen molar-refractivity contribution >= 4 is 33.2 Å². The smallest absolute Gasteiger partial charge is 0.271 e. The fourth-order valence-corrected chi connectivity index (χ4v) is 4.76. The maximum atomic E-state index is 13.8. The van der Waals surface area contributed by atoms with Crippen molar-refractivity contribution in [1.29, 1.82) is 0 Å². The molecule has 0 aliphatic heterocycles. The minimum absolute atomic E-state index is 0.0424. The number of anilines is 1. The van der Waals surface area contributed by atoms with Gasteiger partial charge in [0.25, 0.3) is 5.69 Å². The fourth-order valence-electron chi connectivity index (χ4n) is 3.91. The number of nitro benzene ring substituents is 1. The van der Waals surface area contributed by atoms with E-state index in [1.165, 1.54) is 24.1 Å². The van der Waals surface area contributed by atoms with E-state index in [2.05, 4.69) is 5.32 Å². The van der Waals surface area contributed by atoms with Crippen LogP contribution in [0.4, 0.5) is 11.4 Å². The van der Waals surface area contributed by atoms with Crippen LogP contribution in [0.2, 0.25) is 0 Å². The summed E-state index contributed by atoms with van der Waals surface area (Å²) in [5.74, 6) is -0.943. The molecule has 0 unspecified atom stereocenters. The average Bonchev–Trinajstić information content (AvgIpc) is 2.86. The molecular weight excluding hydrogens is 512 g/mol. The summed E-state index contributed by atoms with van der Waals surface area (Å²) in [6, 6.07) is 9.92. The molecule has 2 atom stereocenters. The van der Waals surface area contributed by atoms with Gasteiger partial charge in [-0.05, 0) is 43.9 Å². The van der Waals surface area contributed by atoms with E-state index in [0.29, 0.717) is 12.8 Å². The van der Waals surface area contributed by atoms with Gasteiger partial charge in [0.15, 0.2) is 0 Å². The van der Waals surface area contributed by atoms with Crippen LogP contribution in [-0.4, -0.2) is 62.0 Å². The first kappa shape index (κ1) is 30.6. The monoisotopic (exact) mass is 548 g/mol. The molecule has 0 bridgehead atoms. The van der Waals surface area contributed by atoms with Gasteiger partial charge in [0.2, 0.25) is 21.8 Å². The van der Waals surface area contributed by atoms with Gasteiger partial charge in [-0.3, -0.25) is 24.0 Å². The van der Waals surface area contributed by atoms with Crippen molar-refractivity contribution in [2.24, 2.45) is 0 Å². The third-order valence-electron chi connectivity index (χ3n) is 6.31. The van der Waals surface area contributed by atoms with Gasteiger partial charge in [-0.25, -0.2) is 8.42 Å². The summed E-state index contributed by atoms with van der Waals surface area (Å²) < 4.78 is 31.7. The topological polar surface area (TPSA) is 139 Å². The van der Waals surface area contributed by atoms with Crippen LogP contribution in [0.3, 0.4) is 0 Å². The number of benzene rings is 2. The summed E-state index contributed by atoms with van der Waals surface area (Å²) in [6.07, 6.45) is 1.89. The highest BCUT2D eigenvalue weighted by Gasteiger charge is 2.33. The molecule has 1 N–H and O–H groups in total. The number of rotatable bonds is 13. The summed E-state index contributed by atoms with van der Waals surface area (Å²) in [4.78, 5) is 39.1. The summed E-state index contributed by atoms with van der Waals surface area (Å²) in [6.45, 7) is 6.83. The Balaban J connectivity index is 2.58. The van der Waals surface area contributed by atoms with E-state index in [-0.39, 0.29) is 35.6 Å². The highest BCUT2D eigenvalue weighted by atomic mass is 32.2. The van der Waals surface area contributed by atoms with Crippen molar-refractivity contribution in [3.63, 3.8) is 0 Å². The molecule has 2 aromatic carbocycles. The van der Waals surface area contributed by atoms with Crippen molar-refractivity contribution in [2.75, 3.05) is 24.2 Å². The van der Waals surface area contributed by atoms with Gasteiger partial charge in [0, 0.05) is 24.7 Å². The number of ether oxygens (including phenoxy) is 1. The van der Waals surface area contributed by atoms with E-state index in [1.54, 1.807) is 6.92 Å². The lowest BCUT2D eigenvalue weighted by Gasteiger charge is -2.34. The number of non-ortho nitro benzene ring substituents is 1. The van der Waals surface area contributed by atoms with E-state index in [0.717, 1.165) is 27.8 Å². The van der Waals surface area contributed by atoms with Crippen molar-refractivity contribution in [1.82, 2.24) is 10.2 Å². The molecule has 2 aromatic rings. The number of methoxy groups -OCH3 is 1. The van der Waals surface area contributed by atoms with Crippen LogP contribution >= 0.6 is 0 Å². The number of sulfonamides is 1. The van der Waals surface area contributed by atoms with E-state index in [4.69, 9.17) is 4.74 Å². The predicted molar refractivity (Wildman–Crippen MR) is 146 cm³/mol. The highest BCUT2D eigenvalue weighted by Crippen LogP contribution is 2.34. The maximum Gasteiger partial charge on any atom is 0.271 e. The second kappa shape index (κ2) is 13.2. The number of carbonyl (C=O) groups excluding carboxylic acids is 2. The third-order valence-corrected chi connectivity index (χ3v) is 7.44. The Morgan fingerprint density at radius 3 is 2.32 bits per heavy atom. The number of nitro groups is 1. The molecule has 0 aliphatic carbocycles. The summed E-state index contributed by atoms with van der Waals surface area (Å²) >= 11 is 0. The number of aryl methyl sites for hydroxylation is 1. The quantitative estimate of drug-likeness (QED) is 0.299. The Morgan fingerprint density at radius 1 is 1.13 bits per heavy atom. The molecule has 0 fully saturated rings. The lowest BCUT2D eigenvalue weighted by Crippen LogP contribution is -2.53. The average molecular weight is 549 g/mol. The SMILES string of the molecule is CC[C@H](C)NC(=O)[C@H](CC)N(Cc1ccccc1C)C(=O)CN(c1cc([N+](=O)[O-])ccc1OC)S(C)(=O)=O. The number of hydrogen-bond acceptors (Lipinski definition) is 7. The van der Waals surface area contributed by atoms with E-state index in [1.807, 2.05) is 45.0 Å². The minimum Gasteiger partial charge on any atom is -0.495 e. The zero-order chi connectivity index (χ0) is 28.6. The Hall–Kier alpha value is -3.67. The summed E-state index contributed by atoms with van der Waals surface area (Å²) in [5, 5.41) is 14.3. The van der Waals surface area contributed by atoms with Crippen molar-refractivity contribution in [3.8, 4) is 5.75 Å². The fraction of sp³-hybridized carbons (Fsp3) is 0.462. The normalized spacial score (nSPS) is 12.8. The van der Waals surface area contributed by atoms with Gasteiger partial charge in [0.1, 0.15) is 24.0 Å². The third kappa shape index (κ3) is 7.67. The Labute approximate surface area is 224 Å². The van der Waals surface area contributed by atoms with Crippen LogP contribution in [-0.2, 0) is 26.2 Å². The molecule has 2 amide bonds. The molecule has 2 rings (SSSR count). The molecule has 11 nitrogen and oxygen atoms in total. The first-order chi connectivity index (χ1) is 17.8. The molecule has 0 saturated carbocycles. The summed E-state index contributed by atoms with van der Waals surface area (Å²) in [5.41, 5.74) is 1.20. The van der Waals surface area contributed by atoms with Gasteiger partial charge in [0.05, 0.1) is 18.3 Å². The largest absolute Gasteiger partial charge is 0.495 e. The lowest BCUT2D eigenvalue weighted by molar-refractivity contribution is -0.384. The van der Waals surface area contributed by atoms with E-state index in [9.17, 15) is 28.1 Å². The molecule has 0 aromatic heterocycles. The molecule has 0 aliphatic rings. The van der Waals surface area contributed by atoms with Crippen LogP contribution in [0.15, 0.2) is 42.5 Å². The molecule has 38 heavy (non-hydrogen) atoms. The second-order valence-electron chi connectivity index (χ2n) is 9.07. The first-order valence-corrected chi connectivity index (χ1v) is 14.1. The van der Waals surface area contributed by atoms with Gasteiger partial charge in [-0.15, -0.1) is 0 Å². The number of nitrogens with one attached hydrogen (secondary N) is 1.